The van der Waals surface area contributed by atoms with E-state index in [1.165, 1.54) is 5.39 Å². The van der Waals surface area contributed by atoms with Crippen LogP contribution in [0, 0.1) is 24.7 Å². The lowest BCUT2D eigenvalue weighted by Crippen LogP contribution is -2.44. The van der Waals surface area contributed by atoms with Crippen LogP contribution in [0.5, 0.6) is 0 Å². The number of hydrogen-bond acceptors (Lipinski definition) is 3. The number of aryl methyl sites for hydroxylation is 1. The van der Waals surface area contributed by atoms with Crippen molar-refractivity contribution in [2.45, 2.75) is 39.2 Å². The molecular weight excluding hydrogens is 310 g/mol. The Kier molecular flexibility index (Phi) is 4.03. The maximum absolute atomic E-state index is 12.9. The fourth-order valence-corrected chi connectivity index (χ4v) is 4.66. The Hall–Kier alpha value is -1.94. The van der Waals surface area contributed by atoms with Gasteiger partial charge in [0.1, 0.15) is 0 Å². The predicted octanol–water partition coefficient (Wildman–Crippen LogP) is 3.14. The van der Waals surface area contributed by atoms with E-state index in [4.69, 9.17) is 4.98 Å². The van der Waals surface area contributed by atoms with Gasteiger partial charge in [0.25, 0.3) is 0 Å². The molecule has 132 valence electrons. The zero-order chi connectivity index (χ0) is 17.6. The summed E-state index contributed by atoms with van der Waals surface area (Å²) < 4.78 is 0. The van der Waals surface area contributed by atoms with Crippen LogP contribution in [-0.2, 0) is 10.3 Å². The van der Waals surface area contributed by atoms with Crippen LogP contribution in [0.3, 0.4) is 0 Å². The Bertz CT molecular complexity index is 802. The minimum absolute atomic E-state index is 0.146. The maximum atomic E-state index is 12.9. The lowest BCUT2D eigenvalue weighted by Gasteiger charge is -2.29. The summed E-state index contributed by atoms with van der Waals surface area (Å²) in [6, 6.07) is 10.4. The van der Waals surface area contributed by atoms with E-state index >= 15 is 0 Å². The fourth-order valence-electron chi connectivity index (χ4n) is 4.66. The maximum Gasteiger partial charge on any atom is 0.223 e. The van der Waals surface area contributed by atoms with Crippen LogP contribution in [0.4, 0.5) is 0 Å². The molecule has 0 bridgehead atoms. The first-order chi connectivity index (χ1) is 11.9. The van der Waals surface area contributed by atoms with Crippen LogP contribution >= 0.6 is 0 Å². The molecule has 1 aromatic carbocycles. The lowest BCUT2D eigenvalue weighted by atomic mass is 9.93. The lowest BCUT2D eigenvalue weighted by molar-refractivity contribution is -0.126. The van der Waals surface area contributed by atoms with Crippen molar-refractivity contribution in [2.75, 3.05) is 13.1 Å². The van der Waals surface area contributed by atoms with Crippen LogP contribution in [-0.4, -0.2) is 24.0 Å². The van der Waals surface area contributed by atoms with E-state index in [0.29, 0.717) is 11.8 Å². The van der Waals surface area contributed by atoms with Gasteiger partial charge < -0.3 is 10.6 Å². The van der Waals surface area contributed by atoms with Crippen molar-refractivity contribution in [1.29, 1.82) is 0 Å². The highest BCUT2D eigenvalue weighted by atomic mass is 16.2. The van der Waals surface area contributed by atoms with E-state index in [1.807, 2.05) is 19.1 Å². The number of nitrogens with zero attached hydrogens (tertiary/aromatic N) is 1. The van der Waals surface area contributed by atoms with E-state index in [9.17, 15) is 4.79 Å². The second-order valence-corrected chi connectivity index (χ2v) is 8.29. The van der Waals surface area contributed by atoms with E-state index in [0.717, 1.165) is 42.7 Å². The molecule has 4 nitrogen and oxygen atoms in total. The van der Waals surface area contributed by atoms with Crippen molar-refractivity contribution < 1.29 is 4.79 Å². The Morgan fingerprint density at radius 2 is 1.88 bits per heavy atom. The molecule has 3 atom stereocenters. The van der Waals surface area contributed by atoms with Crippen molar-refractivity contribution in [3.05, 3.63) is 41.7 Å². The molecule has 0 radical (unpaired) electrons. The Morgan fingerprint density at radius 3 is 2.60 bits per heavy atom. The molecule has 2 N–H and O–H groups in total. The number of pyridine rings is 1. The summed E-state index contributed by atoms with van der Waals surface area (Å²) in [6.07, 6.45) is 2.03. The largest absolute Gasteiger partial charge is 0.345 e. The highest BCUT2D eigenvalue weighted by Crippen LogP contribution is 2.39. The van der Waals surface area contributed by atoms with Gasteiger partial charge in [-0.05, 0) is 70.0 Å². The monoisotopic (exact) mass is 337 g/mol. The highest BCUT2D eigenvalue weighted by molar-refractivity contribution is 5.87. The molecular formula is C21H27N3O. The SMILES string of the molecule is Cc1cc2ccccc2c(C(C)(C)NC(=O)[C@@H]2C[C@H]3CNC[C@H]3C2)n1. The zero-order valence-electron chi connectivity index (χ0n) is 15.3. The standard InChI is InChI=1S/C21H27N3O/c1-13-8-14-6-4-5-7-18(14)19(23-13)21(2,3)24-20(25)15-9-16-11-22-12-17(16)10-15/h4-8,15-17,22H,9-12H2,1-3H3,(H,24,25)/t15-,16+,17-. The molecule has 2 aliphatic rings. The molecule has 1 amide bonds. The second-order valence-electron chi connectivity index (χ2n) is 8.29. The smallest absolute Gasteiger partial charge is 0.223 e. The molecule has 25 heavy (non-hydrogen) atoms. The van der Waals surface area contributed by atoms with Crippen molar-refractivity contribution in [3.63, 3.8) is 0 Å². The van der Waals surface area contributed by atoms with Gasteiger partial charge in [0, 0.05) is 17.0 Å². The minimum atomic E-state index is -0.487. The Balaban J connectivity index is 1.58. The average molecular weight is 337 g/mol. The molecule has 1 saturated heterocycles. The van der Waals surface area contributed by atoms with Gasteiger partial charge >= 0.3 is 0 Å². The number of carbonyl (C=O) groups excluding carboxylic acids is 1. The molecule has 4 rings (SSSR count). The van der Waals surface area contributed by atoms with Crippen molar-refractivity contribution in [2.24, 2.45) is 17.8 Å². The van der Waals surface area contributed by atoms with Gasteiger partial charge in [-0.15, -0.1) is 0 Å². The summed E-state index contributed by atoms with van der Waals surface area (Å²) in [6.45, 7) is 8.29. The van der Waals surface area contributed by atoms with Crippen LogP contribution < -0.4 is 10.6 Å². The molecule has 2 aromatic rings. The summed E-state index contributed by atoms with van der Waals surface area (Å²) in [7, 11) is 0. The Morgan fingerprint density at radius 1 is 1.20 bits per heavy atom. The van der Waals surface area contributed by atoms with Gasteiger partial charge in [0.2, 0.25) is 5.91 Å². The van der Waals surface area contributed by atoms with Gasteiger partial charge in [0.15, 0.2) is 0 Å². The number of rotatable bonds is 3. The van der Waals surface area contributed by atoms with E-state index in [1.54, 1.807) is 0 Å². The third kappa shape index (κ3) is 3.04. The first kappa shape index (κ1) is 16.5. The van der Waals surface area contributed by atoms with E-state index < -0.39 is 5.54 Å². The molecule has 2 heterocycles. The number of benzene rings is 1. The van der Waals surface area contributed by atoms with Gasteiger partial charge in [-0.2, -0.15) is 0 Å². The summed E-state index contributed by atoms with van der Waals surface area (Å²) in [5.74, 6) is 1.69. The fraction of sp³-hybridized carbons (Fsp3) is 0.524. The van der Waals surface area contributed by atoms with Gasteiger partial charge in [0.05, 0.1) is 11.2 Å². The van der Waals surface area contributed by atoms with Crippen molar-refractivity contribution >= 4 is 16.7 Å². The van der Waals surface area contributed by atoms with Crippen molar-refractivity contribution in [3.8, 4) is 0 Å². The molecule has 1 saturated carbocycles. The summed E-state index contributed by atoms with van der Waals surface area (Å²) >= 11 is 0. The molecule has 1 aromatic heterocycles. The number of fused-ring (bicyclic) bond motifs is 2. The topological polar surface area (TPSA) is 54.0 Å². The van der Waals surface area contributed by atoms with Crippen LogP contribution in [0.25, 0.3) is 10.8 Å². The van der Waals surface area contributed by atoms with Crippen LogP contribution in [0.1, 0.15) is 38.1 Å². The zero-order valence-corrected chi connectivity index (χ0v) is 15.3. The van der Waals surface area contributed by atoms with Crippen molar-refractivity contribution in [1.82, 2.24) is 15.6 Å². The first-order valence-electron chi connectivity index (χ1n) is 9.33. The van der Waals surface area contributed by atoms with Gasteiger partial charge in [-0.25, -0.2) is 0 Å². The third-order valence-electron chi connectivity index (χ3n) is 5.92. The highest BCUT2D eigenvalue weighted by Gasteiger charge is 2.41. The average Bonchev–Trinajstić information content (AvgIpc) is 3.15. The normalized spacial score (nSPS) is 26.0. The minimum Gasteiger partial charge on any atom is -0.345 e. The molecule has 0 spiro atoms. The van der Waals surface area contributed by atoms with Crippen LogP contribution in [0.2, 0.25) is 0 Å². The Labute approximate surface area is 149 Å². The molecule has 2 fully saturated rings. The van der Waals surface area contributed by atoms with E-state index in [2.05, 4.69) is 42.7 Å². The summed E-state index contributed by atoms with van der Waals surface area (Å²) in [5, 5.41) is 9.04. The predicted molar refractivity (Wildman–Crippen MR) is 100 cm³/mol. The molecule has 1 aliphatic carbocycles. The van der Waals surface area contributed by atoms with Crippen LogP contribution in [0.15, 0.2) is 30.3 Å². The number of amides is 1. The van der Waals surface area contributed by atoms with Gasteiger partial charge in [-0.3, -0.25) is 9.78 Å². The molecule has 0 unspecified atom stereocenters. The van der Waals surface area contributed by atoms with Gasteiger partial charge in [-0.1, -0.05) is 24.3 Å². The summed E-state index contributed by atoms with van der Waals surface area (Å²) in [5.41, 5.74) is 1.45. The quantitative estimate of drug-likeness (QED) is 0.905. The first-order valence-corrected chi connectivity index (χ1v) is 9.33. The molecule has 1 aliphatic heterocycles. The second kappa shape index (κ2) is 6.10. The number of carbonyl (C=O) groups is 1. The van der Waals surface area contributed by atoms with E-state index in [-0.39, 0.29) is 11.8 Å². The molecule has 4 heteroatoms. The number of hydrogen-bond donors (Lipinski definition) is 2. The summed E-state index contributed by atoms with van der Waals surface area (Å²) in [4.78, 5) is 17.7. The third-order valence-corrected chi connectivity index (χ3v) is 5.92. The number of nitrogens with one attached hydrogen (secondary N) is 2. The number of aromatic nitrogens is 1.